The Kier molecular flexibility index (Phi) is 9.36. The van der Waals surface area contributed by atoms with Gasteiger partial charge in [0.15, 0.2) is 0 Å². The van der Waals surface area contributed by atoms with Crippen molar-refractivity contribution in [2.45, 2.75) is 66.2 Å². The SMILES string of the molecule is Bc1c(B)c(N(c2ccc(C)cc2)c2ccc(C)cc2)c(B)c2c1-c1cc3c(cc1C2(C)C)-c1c(B)c(B)c(N(c2ccc(C)cc2)c2ccc(C)cc2)c(B)c1C3(C)C. The van der Waals surface area contributed by atoms with Crippen LogP contribution in [0.3, 0.4) is 0 Å². The van der Waals surface area contributed by atoms with Crippen molar-refractivity contribution < 1.29 is 0 Å². The number of hydrogen-bond donors (Lipinski definition) is 0. The first-order valence-electron chi connectivity index (χ1n) is 21.8. The summed E-state index contributed by atoms with van der Waals surface area (Å²) < 4.78 is 0. The lowest BCUT2D eigenvalue weighted by molar-refractivity contribution is 0.656. The first-order valence-corrected chi connectivity index (χ1v) is 21.8. The van der Waals surface area contributed by atoms with Crippen LogP contribution in [0.2, 0.25) is 0 Å². The Morgan fingerprint density at radius 1 is 0.350 bits per heavy atom. The topological polar surface area (TPSA) is 6.48 Å². The van der Waals surface area contributed by atoms with Gasteiger partial charge in [-0.25, -0.2) is 0 Å². The summed E-state index contributed by atoms with van der Waals surface area (Å²) >= 11 is 0. The number of anilines is 6. The second kappa shape index (κ2) is 14.1. The molecule has 0 aromatic heterocycles. The molecule has 0 fully saturated rings. The molecule has 0 saturated heterocycles. The standard InChI is InChI=1S/C52H54B6N2/c1-27-9-17-31(18-10-27)59(32-19-11-28(2)12-20-32)49-45(55)41-39(43(53)47(49)57)35-25-38-36(26-37(35)51(41,5)6)40-42(52(38,7)8)46(56)50(48(58)44(40)54)60(33-21-13-29(3)14-22-33)34-23-15-30(4)16-24-34/h9-26H,53-58H2,1-8H3. The Bertz CT molecular complexity index is 2600. The van der Waals surface area contributed by atoms with Crippen molar-refractivity contribution in [1.29, 1.82) is 0 Å². The van der Waals surface area contributed by atoms with Gasteiger partial charge in [0.2, 0.25) is 0 Å². The zero-order valence-electron chi connectivity index (χ0n) is 38.3. The van der Waals surface area contributed by atoms with Gasteiger partial charge >= 0.3 is 0 Å². The summed E-state index contributed by atoms with van der Waals surface area (Å²) in [6.07, 6.45) is 0. The van der Waals surface area contributed by atoms with Gasteiger partial charge in [-0.3, -0.25) is 0 Å². The maximum atomic E-state index is 2.60. The van der Waals surface area contributed by atoms with E-state index in [0.29, 0.717) is 0 Å². The monoisotopic (exact) mass is 772 g/mol. The first kappa shape index (κ1) is 40.0. The third-order valence-corrected chi connectivity index (χ3v) is 14.5. The summed E-state index contributed by atoms with van der Waals surface area (Å²) in [4.78, 5) is 5.00. The van der Waals surface area contributed by atoms with E-state index in [0.717, 1.165) is 0 Å². The van der Waals surface area contributed by atoms with Crippen LogP contribution in [0.4, 0.5) is 34.1 Å². The van der Waals surface area contributed by atoms with Gasteiger partial charge in [-0.15, -0.1) is 0 Å². The number of rotatable bonds is 6. The highest BCUT2D eigenvalue weighted by Gasteiger charge is 2.45. The lowest BCUT2D eigenvalue weighted by Crippen LogP contribution is -2.41. The number of hydrogen-bond acceptors (Lipinski definition) is 2. The van der Waals surface area contributed by atoms with Gasteiger partial charge in [-0.05, 0) is 133 Å². The van der Waals surface area contributed by atoms with Crippen LogP contribution in [0.15, 0.2) is 109 Å². The smallest absolute Gasteiger partial charge is 0.142 e. The molecular weight excluding hydrogens is 717 g/mol. The van der Waals surface area contributed by atoms with Crippen LogP contribution in [-0.2, 0) is 10.8 Å². The molecule has 0 N–H and O–H groups in total. The highest BCUT2D eigenvalue weighted by atomic mass is 15.2. The summed E-state index contributed by atoms with van der Waals surface area (Å²) in [5.74, 6) is 0. The number of nitrogens with zero attached hydrogens (tertiary/aromatic N) is 2. The molecule has 290 valence electrons. The van der Waals surface area contributed by atoms with Crippen molar-refractivity contribution >= 4 is 114 Å². The fourth-order valence-electron chi connectivity index (χ4n) is 11.1. The molecule has 2 nitrogen and oxygen atoms in total. The van der Waals surface area contributed by atoms with Gasteiger partial charge in [-0.2, -0.15) is 0 Å². The molecule has 0 saturated carbocycles. The number of aryl methyl sites for hydroxylation is 4. The van der Waals surface area contributed by atoms with E-state index in [1.165, 1.54) is 134 Å². The van der Waals surface area contributed by atoms with E-state index in [-0.39, 0.29) is 10.8 Å². The van der Waals surface area contributed by atoms with Crippen molar-refractivity contribution in [2.24, 2.45) is 0 Å². The van der Waals surface area contributed by atoms with Gasteiger partial charge in [0.05, 0.1) is 0 Å². The second-order valence-electron chi connectivity index (χ2n) is 19.2. The maximum absolute atomic E-state index is 2.60. The second-order valence-corrected chi connectivity index (χ2v) is 19.2. The summed E-state index contributed by atoms with van der Waals surface area (Å²) in [7, 11) is 14.2. The summed E-state index contributed by atoms with van der Waals surface area (Å²) in [6, 6.07) is 41.3. The van der Waals surface area contributed by atoms with Gasteiger partial charge in [0, 0.05) is 45.0 Å². The van der Waals surface area contributed by atoms with E-state index in [9.17, 15) is 0 Å². The Morgan fingerprint density at radius 2 is 0.600 bits per heavy atom. The largest absolute Gasteiger partial charge is 0.312 e. The highest BCUT2D eigenvalue weighted by molar-refractivity contribution is 6.58. The molecule has 0 radical (unpaired) electrons. The van der Waals surface area contributed by atoms with Gasteiger partial charge in [0.1, 0.15) is 47.1 Å². The van der Waals surface area contributed by atoms with E-state index < -0.39 is 0 Å². The Morgan fingerprint density at radius 3 is 0.850 bits per heavy atom. The molecule has 9 rings (SSSR count). The lowest BCUT2D eigenvalue weighted by atomic mass is 9.66. The van der Waals surface area contributed by atoms with Gasteiger partial charge in [-0.1, -0.05) is 131 Å². The first-order chi connectivity index (χ1) is 28.4. The molecule has 2 aliphatic rings. The maximum Gasteiger partial charge on any atom is 0.142 e. The third kappa shape index (κ3) is 5.84. The van der Waals surface area contributed by atoms with E-state index in [1.807, 2.05) is 0 Å². The zero-order valence-corrected chi connectivity index (χ0v) is 38.3. The van der Waals surface area contributed by atoms with E-state index in [4.69, 9.17) is 0 Å². The predicted molar refractivity (Wildman–Crippen MR) is 279 cm³/mol. The molecule has 7 aromatic rings. The fourth-order valence-corrected chi connectivity index (χ4v) is 11.1. The van der Waals surface area contributed by atoms with Crippen LogP contribution in [0.1, 0.15) is 72.2 Å². The van der Waals surface area contributed by atoms with E-state index >= 15 is 0 Å². The normalized spacial score (nSPS) is 14.0. The molecule has 2 aliphatic carbocycles. The molecule has 0 heterocycles. The zero-order chi connectivity index (χ0) is 42.7. The van der Waals surface area contributed by atoms with Crippen LogP contribution in [-0.4, -0.2) is 47.1 Å². The van der Waals surface area contributed by atoms with Crippen molar-refractivity contribution in [2.75, 3.05) is 9.80 Å². The van der Waals surface area contributed by atoms with Crippen LogP contribution in [0.5, 0.6) is 0 Å². The average Bonchev–Trinajstić information content (AvgIpc) is 3.60. The third-order valence-electron chi connectivity index (χ3n) is 14.5. The molecule has 8 heteroatoms. The minimum atomic E-state index is -0.207. The molecule has 0 unspecified atom stereocenters. The van der Waals surface area contributed by atoms with Crippen molar-refractivity contribution in [3.8, 4) is 22.3 Å². The van der Waals surface area contributed by atoms with E-state index in [1.54, 1.807) is 0 Å². The van der Waals surface area contributed by atoms with Crippen LogP contribution in [0.25, 0.3) is 22.3 Å². The van der Waals surface area contributed by atoms with Crippen molar-refractivity contribution in [3.05, 3.63) is 154 Å². The number of fused-ring (bicyclic) bond motifs is 6. The Balaban J connectivity index is 1.25. The van der Waals surface area contributed by atoms with Gasteiger partial charge in [0.25, 0.3) is 0 Å². The lowest BCUT2D eigenvalue weighted by Gasteiger charge is -2.34. The highest BCUT2D eigenvalue weighted by Crippen LogP contribution is 2.55. The summed E-state index contributed by atoms with van der Waals surface area (Å²) in [5.41, 5.74) is 31.5. The predicted octanol–water partition coefficient (Wildman–Crippen LogP) is 4.02. The Labute approximate surface area is 364 Å². The Hall–Kier alpha value is -5.47. The molecule has 0 aliphatic heterocycles. The van der Waals surface area contributed by atoms with Crippen LogP contribution < -0.4 is 42.6 Å². The van der Waals surface area contributed by atoms with Crippen molar-refractivity contribution in [1.82, 2.24) is 0 Å². The molecule has 0 atom stereocenters. The van der Waals surface area contributed by atoms with Crippen LogP contribution >= 0.6 is 0 Å². The fraction of sp³-hybridized carbons (Fsp3) is 0.192. The van der Waals surface area contributed by atoms with Crippen molar-refractivity contribution in [3.63, 3.8) is 0 Å². The molecule has 0 bridgehead atoms. The quantitative estimate of drug-likeness (QED) is 0.236. The average molecular weight is 772 g/mol. The molecule has 7 aromatic carbocycles. The van der Waals surface area contributed by atoms with Gasteiger partial charge < -0.3 is 9.80 Å². The van der Waals surface area contributed by atoms with Crippen LogP contribution in [0, 0.1) is 27.7 Å². The summed E-state index contributed by atoms with van der Waals surface area (Å²) in [5, 5.41) is 0. The summed E-state index contributed by atoms with van der Waals surface area (Å²) in [6.45, 7) is 18.5. The molecule has 0 amide bonds. The molecular formula is C52H54B6N2. The minimum Gasteiger partial charge on any atom is -0.312 e. The van der Waals surface area contributed by atoms with E-state index in [2.05, 4.69) is 221 Å². The minimum absolute atomic E-state index is 0.207. The molecule has 60 heavy (non-hydrogen) atoms. The molecule has 0 spiro atoms. The number of benzene rings is 7.